The SMILES string of the molecule is Clc1ccccc1-c1csc(NCC2CC2)n1.O=C(CBr)c1ccccc1Cl. The minimum absolute atomic E-state index is 0.00981. The third kappa shape index (κ3) is 6.05. The molecule has 146 valence electrons. The van der Waals surface area contributed by atoms with Gasteiger partial charge in [0, 0.05) is 28.1 Å². The number of hydrogen-bond acceptors (Lipinski definition) is 4. The quantitative estimate of drug-likeness (QED) is 0.289. The number of carbonyl (C=O) groups excluding carboxylic acids is 1. The molecule has 0 unspecified atom stereocenters. The summed E-state index contributed by atoms with van der Waals surface area (Å²) in [6, 6.07) is 14.8. The molecule has 2 aromatic carbocycles. The van der Waals surface area contributed by atoms with Gasteiger partial charge in [0.25, 0.3) is 0 Å². The van der Waals surface area contributed by atoms with Crippen molar-refractivity contribution in [2.75, 3.05) is 17.2 Å². The van der Waals surface area contributed by atoms with E-state index in [0.717, 1.165) is 33.9 Å². The molecule has 1 aliphatic carbocycles. The standard InChI is InChI=1S/C13H13ClN2S.C8H6BrClO/c14-11-4-2-1-3-10(11)12-8-17-13(16-12)15-7-9-5-6-9;9-5-8(11)6-3-1-2-4-7(6)10/h1-4,8-9H,5-7H2,(H,15,16);1-4H,5H2. The highest BCUT2D eigenvalue weighted by molar-refractivity contribution is 9.09. The van der Waals surface area contributed by atoms with Crippen molar-refractivity contribution in [3.63, 3.8) is 0 Å². The van der Waals surface area contributed by atoms with Gasteiger partial charge in [-0.05, 0) is 37.0 Å². The van der Waals surface area contributed by atoms with Crippen molar-refractivity contribution in [1.29, 1.82) is 0 Å². The lowest BCUT2D eigenvalue weighted by molar-refractivity contribution is 0.102. The van der Waals surface area contributed by atoms with E-state index in [-0.39, 0.29) is 5.78 Å². The molecule has 3 nitrogen and oxygen atoms in total. The van der Waals surface area contributed by atoms with Gasteiger partial charge >= 0.3 is 0 Å². The summed E-state index contributed by atoms with van der Waals surface area (Å²) in [5.41, 5.74) is 2.54. The molecule has 1 N–H and O–H groups in total. The molecule has 7 heteroatoms. The number of halogens is 3. The normalized spacial score (nSPS) is 12.8. The Hall–Kier alpha value is -1.40. The lowest BCUT2D eigenvalue weighted by atomic mass is 10.1. The number of carbonyl (C=O) groups is 1. The summed E-state index contributed by atoms with van der Waals surface area (Å²) in [6.45, 7) is 1.05. The largest absolute Gasteiger partial charge is 0.361 e. The van der Waals surface area contributed by atoms with Crippen LogP contribution in [0.5, 0.6) is 0 Å². The second-order valence-corrected chi connectivity index (χ2v) is 8.61. The van der Waals surface area contributed by atoms with Crippen LogP contribution in [0, 0.1) is 5.92 Å². The number of alkyl halides is 1. The second-order valence-electron chi connectivity index (χ2n) is 6.38. The summed E-state index contributed by atoms with van der Waals surface area (Å²) in [4.78, 5) is 15.7. The number of anilines is 1. The fraction of sp³-hybridized carbons (Fsp3) is 0.238. The van der Waals surface area contributed by atoms with Gasteiger partial charge in [0.2, 0.25) is 0 Å². The smallest absolute Gasteiger partial charge is 0.183 e. The Morgan fingerprint density at radius 1 is 1.11 bits per heavy atom. The molecule has 0 spiro atoms. The minimum atomic E-state index is 0.00981. The Morgan fingerprint density at radius 3 is 2.43 bits per heavy atom. The number of nitrogens with one attached hydrogen (secondary N) is 1. The highest BCUT2D eigenvalue weighted by atomic mass is 79.9. The van der Waals surface area contributed by atoms with Gasteiger partial charge in [0.05, 0.1) is 16.0 Å². The first-order valence-electron chi connectivity index (χ1n) is 8.86. The third-order valence-electron chi connectivity index (χ3n) is 4.19. The number of benzene rings is 2. The second kappa shape index (κ2) is 10.4. The lowest BCUT2D eigenvalue weighted by Crippen LogP contribution is -2.02. The van der Waals surface area contributed by atoms with Gasteiger partial charge in [-0.2, -0.15) is 0 Å². The minimum Gasteiger partial charge on any atom is -0.361 e. The first kappa shape index (κ1) is 21.3. The van der Waals surface area contributed by atoms with E-state index in [1.54, 1.807) is 35.6 Å². The summed E-state index contributed by atoms with van der Waals surface area (Å²) in [6.07, 6.45) is 2.71. The van der Waals surface area contributed by atoms with Crippen molar-refractivity contribution >= 4 is 61.4 Å². The summed E-state index contributed by atoms with van der Waals surface area (Å²) < 4.78 is 0. The molecular formula is C21H19BrCl2N2OS. The fourth-order valence-electron chi connectivity index (χ4n) is 2.46. The lowest BCUT2D eigenvalue weighted by Gasteiger charge is -2.00. The van der Waals surface area contributed by atoms with E-state index in [1.165, 1.54) is 12.8 Å². The van der Waals surface area contributed by atoms with Gasteiger partial charge in [-0.1, -0.05) is 69.5 Å². The van der Waals surface area contributed by atoms with E-state index in [0.29, 0.717) is 15.9 Å². The van der Waals surface area contributed by atoms with Crippen molar-refractivity contribution in [3.05, 3.63) is 69.5 Å². The number of ketones is 1. The predicted molar refractivity (Wildman–Crippen MR) is 123 cm³/mol. The van der Waals surface area contributed by atoms with Crippen molar-refractivity contribution in [2.45, 2.75) is 12.8 Å². The molecule has 1 aromatic heterocycles. The Balaban J connectivity index is 0.000000178. The molecule has 1 fully saturated rings. The van der Waals surface area contributed by atoms with Gasteiger partial charge in [0.1, 0.15) is 0 Å². The maximum absolute atomic E-state index is 11.1. The average molecular weight is 498 g/mol. The van der Waals surface area contributed by atoms with Gasteiger partial charge < -0.3 is 5.32 Å². The zero-order chi connectivity index (χ0) is 19.9. The molecule has 0 radical (unpaired) electrons. The molecule has 0 bridgehead atoms. The van der Waals surface area contributed by atoms with Crippen molar-refractivity contribution in [1.82, 2.24) is 4.98 Å². The van der Waals surface area contributed by atoms with Crippen LogP contribution < -0.4 is 5.32 Å². The molecule has 0 aliphatic heterocycles. The molecule has 4 rings (SSSR count). The van der Waals surface area contributed by atoms with Gasteiger partial charge in [-0.3, -0.25) is 4.79 Å². The summed E-state index contributed by atoms with van der Waals surface area (Å²) in [7, 11) is 0. The van der Waals surface area contributed by atoms with Crippen LogP contribution in [0.25, 0.3) is 11.3 Å². The average Bonchev–Trinajstić information content (AvgIpc) is 3.43. The van der Waals surface area contributed by atoms with Gasteiger partial charge in [-0.15, -0.1) is 11.3 Å². The van der Waals surface area contributed by atoms with E-state index >= 15 is 0 Å². The molecule has 3 aromatic rings. The van der Waals surface area contributed by atoms with Crippen molar-refractivity contribution in [3.8, 4) is 11.3 Å². The summed E-state index contributed by atoms with van der Waals surface area (Å²) in [5.74, 6) is 0.873. The molecule has 1 heterocycles. The Morgan fingerprint density at radius 2 is 1.79 bits per heavy atom. The molecule has 1 aliphatic rings. The Bertz CT molecular complexity index is 943. The zero-order valence-corrected chi connectivity index (χ0v) is 18.9. The predicted octanol–water partition coefficient (Wildman–Crippen LogP) is 7.20. The van der Waals surface area contributed by atoms with Crippen LogP contribution in [0.3, 0.4) is 0 Å². The van der Waals surface area contributed by atoms with E-state index in [1.807, 2.05) is 24.3 Å². The number of hydrogen-bond donors (Lipinski definition) is 1. The first-order chi connectivity index (χ1) is 13.6. The highest BCUT2D eigenvalue weighted by Gasteiger charge is 2.21. The van der Waals surface area contributed by atoms with E-state index in [2.05, 4.69) is 31.6 Å². The maximum atomic E-state index is 11.1. The fourth-order valence-corrected chi connectivity index (χ4v) is 3.96. The van der Waals surface area contributed by atoms with E-state index in [4.69, 9.17) is 23.2 Å². The van der Waals surface area contributed by atoms with Crippen LogP contribution in [0.4, 0.5) is 5.13 Å². The molecular weight excluding hydrogens is 479 g/mol. The van der Waals surface area contributed by atoms with Gasteiger partial charge in [0.15, 0.2) is 10.9 Å². The van der Waals surface area contributed by atoms with E-state index < -0.39 is 0 Å². The van der Waals surface area contributed by atoms with Crippen LogP contribution in [-0.4, -0.2) is 22.6 Å². The topological polar surface area (TPSA) is 42.0 Å². The van der Waals surface area contributed by atoms with Crippen LogP contribution in [-0.2, 0) is 0 Å². The number of thiazole rings is 1. The Kier molecular flexibility index (Phi) is 7.91. The Labute approximate surface area is 187 Å². The number of nitrogens with zero attached hydrogens (tertiary/aromatic N) is 1. The van der Waals surface area contributed by atoms with Crippen LogP contribution in [0.15, 0.2) is 53.9 Å². The molecule has 1 saturated carbocycles. The number of rotatable bonds is 6. The molecule has 0 amide bonds. The summed E-state index contributed by atoms with van der Waals surface area (Å²) in [5, 5.41) is 8.01. The van der Waals surface area contributed by atoms with E-state index in [9.17, 15) is 4.79 Å². The maximum Gasteiger partial charge on any atom is 0.183 e. The van der Waals surface area contributed by atoms with Crippen molar-refractivity contribution in [2.24, 2.45) is 5.92 Å². The highest BCUT2D eigenvalue weighted by Crippen LogP contribution is 2.32. The van der Waals surface area contributed by atoms with Gasteiger partial charge in [-0.25, -0.2) is 4.98 Å². The number of Topliss-reactive ketones (excluding diaryl/α,β-unsaturated/α-hetero) is 1. The summed E-state index contributed by atoms with van der Waals surface area (Å²) >= 11 is 16.6. The monoisotopic (exact) mass is 496 g/mol. The number of aromatic nitrogens is 1. The molecule has 28 heavy (non-hydrogen) atoms. The third-order valence-corrected chi connectivity index (χ3v) is 6.16. The van der Waals surface area contributed by atoms with Crippen LogP contribution in [0.1, 0.15) is 23.2 Å². The van der Waals surface area contributed by atoms with Crippen molar-refractivity contribution < 1.29 is 4.79 Å². The zero-order valence-electron chi connectivity index (χ0n) is 15.0. The van der Waals surface area contributed by atoms with Crippen LogP contribution >= 0.6 is 50.5 Å². The first-order valence-corrected chi connectivity index (χ1v) is 11.6. The molecule has 0 saturated heterocycles. The van der Waals surface area contributed by atoms with Crippen LogP contribution in [0.2, 0.25) is 10.0 Å². The molecule has 0 atom stereocenters.